The Hall–Kier alpha value is -2.74. The molecule has 2 rings (SSSR count). The normalized spacial score (nSPS) is 12.1. The average Bonchev–Trinajstić information content (AvgIpc) is 2.66. The maximum absolute atomic E-state index is 12.3. The molecule has 0 radical (unpaired) electrons. The number of alkyl halides is 3. The van der Waals surface area contributed by atoms with Crippen LogP contribution in [-0.4, -0.2) is 30.9 Å². The predicted molar refractivity (Wildman–Crippen MR) is 95.7 cm³/mol. The maximum atomic E-state index is 12.3. The zero-order chi connectivity index (χ0) is 20.6. The quantitative estimate of drug-likeness (QED) is 0.685. The number of ether oxygens (including phenoxy) is 2. The molecule has 28 heavy (non-hydrogen) atoms. The summed E-state index contributed by atoms with van der Waals surface area (Å²) in [5, 5.41) is 2.54. The van der Waals surface area contributed by atoms with Crippen molar-refractivity contribution in [1.82, 2.24) is 5.32 Å². The largest absolute Gasteiger partial charge is 0.454 e. The van der Waals surface area contributed by atoms with E-state index in [1.54, 1.807) is 54.6 Å². The summed E-state index contributed by atoms with van der Waals surface area (Å²) < 4.78 is 46.3. The summed E-state index contributed by atoms with van der Waals surface area (Å²) in [7, 11) is 0. The Bertz CT molecular complexity index is 799. The lowest BCUT2D eigenvalue weighted by atomic mass is 10.1. The number of carbonyl (C=O) groups excluding carboxylic acids is 2. The molecule has 0 unspecified atom stereocenters. The van der Waals surface area contributed by atoms with E-state index >= 15 is 0 Å². The summed E-state index contributed by atoms with van der Waals surface area (Å²) in [6.45, 7) is -1.82. The topological polar surface area (TPSA) is 64.6 Å². The van der Waals surface area contributed by atoms with Crippen molar-refractivity contribution in [3.05, 3.63) is 70.7 Å². The van der Waals surface area contributed by atoms with Gasteiger partial charge in [-0.3, -0.25) is 0 Å². The van der Waals surface area contributed by atoms with Crippen molar-refractivity contribution in [1.29, 1.82) is 0 Å². The minimum Gasteiger partial charge on any atom is -0.454 e. The summed E-state index contributed by atoms with van der Waals surface area (Å²) in [5.41, 5.74) is 1.17. The van der Waals surface area contributed by atoms with Crippen molar-refractivity contribution in [2.45, 2.75) is 25.2 Å². The molecule has 0 aliphatic rings. The van der Waals surface area contributed by atoms with Gasteiger partial charge in [0.15, 0.2) is 6.61 Å². The van der Waals surface area contributed by atoms with E-state index in [0.717, 1.165) is 0 Å². The zero-order valence-electron chi connectivity index (χ0n) is 14.5. The van der Waals surface area contributed by atoms with Crippen LogP contribution in [0.1, 0.15) is 11.1 Å². The fraction of sp³-hybridized carbons (Fsp3) is 0.263. The molecule has 2 aromatic carbocycles. The van der Waals surface area contributed by atoms with Crippen LogP contribution in [0.5, 0.6) is 0 Å². The second kappa shape index (κ2) is 9.98. The highest BCUT2D eigenvalue weighted by Crippen LogP contribution is 2.19. The van der Waals surface area contributed by atoms with Crippen LogP contribution >= 0.6 is 11.6 Å². The molecule has 0 aliphatic carbocycles. The number of alkyl carbamates (subject to hydrolysis) is 1. The number of halogens is 4. The van der Waals surface area contributed by atoms with E-state index in [-0.39, 0.29) is 13.0 Å². The number of benzene rings is 2. The van der Waals surface area contributed by atoms with E-state index < -0.39 is 30.9 Å². The van der Waals surface area contributed by atoms with Gasteiger partial charge in [-0.15, -0.1) is 0 Å². The molecular formula is C19H17ClF3NO4. The number of esters is 1. The van der Waals surface area contributed by atoms with Crippen molar-refractivity contribution >= 4 is 23.7 Å². The van der Waals surface area contributed by atoms with Gasteiger partial charge < -0.3 is 14.8 Å². The Balaban J connectivity index is 2.03. The van der Waals surface area contributed by atoms with E-state index in [4.69, 9.17) is 16.3 Å². The van der Waals surface area contributed by atoms with Crippen LogP contribution in [0.3, 0.4) is 0 Å². The second-order valence-electron chi connectivity index (χ2n) is 5.78. The molecule has 1 N–H and O–H groups in total. The predicted octanol–water partition coefficient (Wildman–Crippen LogP) is 4.28. The first-order valence-corrected chi connectivity index (χ1v) is 8.56. The van der Waals surface area contributed by atoms with Crippen molar-refractivity contribution in [3.8, 4) is 0 Å². The lowest BCUT2D eigenvalue weighted by Crippen LogP contribution is -2.44. The molecule has 0 aliphatic heterocycles. The van der Waals surface area contributed by atoms with E-state index in [2.05, 4.69) is 10.1 Å². The van der Waals surface area contributed by atoms with Crippen LogP contribution in [0, 0.1) is 0 Å². The summed E-state index contributed by atoms with van der Waals surface area (Å²) in [5.74, 6) is -1.24. The molecule has 0 saturated heterocycles. The van der Waals surface area contributed by atoms with Crippen LogP contribution in [0.15, 0.2) is 54.6 Å². The third-order valence-corrected chi connectivity index (χ3v) is 3.92. The number of hydrogen-bond acceptors (Lipinski definition) is 4. The maximum Gasteiger partial charge on any atom is 0.422 e. The number of carbonyl (C=O) groups is 2. The molecule has 0 fully saturated rings. The summed E-state index contributed by atoms with van der Waals surface area (Å²) in [6, 6.07) is 13.8. The minimum absolute atomic E-state index is 0.0664. The summed E-state index contributed by atoms with van der Waals surface area (Å²) in [6.07, 6.45) is -5.81. The van der Waals surface area contributed by atoms with Crippen molar-refractivity contribution in [2.24, 2.45) is 0 Å². The summed E-state index contributed by atoms with van der Waals surface area (Å²) >= 11 is 6.02. The molecular weight excluding hydrogens is 399 g/mol. The third-order valence-electron chi connectivity index (χ3n) is 3.55. The number of hydrogen-bond donors (Lipinski definition) is 1. The van der Waals surface area contributed by atoms with Crippen LogP contribution in [0.2, 0.25) is 5.02 Å². The Labute approximate surface area is 164 Å². The Kier molecular flexibility index (Phi) is 7.69. The molecule has 0 aromatic heterocycles. The molecule has 0 bridgehead atoms. The van der Waals surface area contributed by atoms with Gasteiger partial charge in [0.25, 0.3) is 0 Å². The smallest absolute Gasteiger partial charge is 0.422 e. The second-order valence-corrected chi connectivity index (χ2v) is 6.18. The minimum atomic E-state index is -4.68. The van der Waals surface area contributed by atoms with Gasteiger partial charge >= 0.3 is 18.2 Å². The molecule has 9 heteroatoms. The van der Waals surface area contributed by atoms with Gasteiger partial charge in [0.1, 0.15) is 12.6 Å². The first kappa shape index (κ1) is 21.6. The van der Waals surface area contributed by atoms with Crippen LogP contribution in [0.25, 0.3) is 0 Å². The number of rotatable bonds is 7. The zero-order valence-corrected chi connectivity index (χ0v) is 15.3. The first-order chi connectivity index (χ1) is 13.2. The molecule has 5 nitrogen and oxygen atoms in total. The van der Waals surface area contributed by atoms with Crippen LogP contribution < -0.4 is 5.32 Å². The highest BCUT2D eigenvalue weighted by atomic mass is 35.5. The molecule has 150 valence electrons. The fourth-order valence-corrected chi connectivity index (χ4v) is 2.45. The highest BCUT2D eigenvalue weighted by Gasteiger charge is 2.32. The van der Waals surface area contributed by atoms with Gasteiger partial charge in [0, 0.05) is 11.4 Å². The highest BCUT2D eigenvalue weighted by molar-refractivity contribution is 6.31. The van der Waals surface area contributed by atoms with Gasteiger partial charge in [0.2, 0.25) is 0 Å². The molecule has 0 heterocycles. The molecule has 0 saturated carbocycles. The number of nitrogens with one attached hydrogen (secondary N) is 1. The Morgan fingerprint density at radius 2 is 1.64 bits per heavy atom. The Morgan fingerprint density at radius 3 is 2.29 bits per heavy atom. The standard InChI is InChI=1S/C19H17ClF3NO4/c20-15-9-5-4-8-14(15)10-16(17(25)28-12-19(21,22)23)24-18(26)27-11-13-6-2-1-3-7-13/h1-9,16H,10-12H2,(H,24,26)/t16-/m0/s1. The third kappa shape index (κ3) is 7.48. The first-order valence-electron chi connectivity index (χ1n) is 8.18. The van der Waals surface area contributed by atoms with Gasteiger partial charge in [-0.25, -0.2) is 9.59 Å². The van der Waals surface area contributed by atoms with Gasteiger partial charge in [-0.05, 0) is 17.2 Å². The van der Waals surface area contributed by atoms with Crippen molar-refractivity contribution < 1.29 is 32.2 Å². The average molecular weight is 416 g/mol. The lowest BCUT2D eigenvalue weighted by Gasteiger charge is -2.19. The fourth-order valence-electron chi connectivity index (χ4n) is 2.24. The lowest BCUT2D eigenvalue weighted by molar-refractivity contribution is -0.187. The van der Waals surface area contributed by atoms with E-state index in [0.29, 0.717) is 16.1 Å². The molecule has 0 spiro atoms. The van der Waals surface area contributed by atoms with Crippen molar-refractivity contribution in [2.75, 3.05) is 6.61 Å². The molecule has 2 aromatic rings. The van der Waals surface area contributed by atoms with Crippen molar-refractivity contribution in [3.63, 3.8) is 0 Å². The Morgan fingerprint density at radius 1 is 1.00 bits per heavy atom. The van der Waals surface area contributed by atoms with Crippen LogP contribution in [-0.2, 0) is 27.3 Å². The molecule has 1 atom stereocenters. The van der Waals surface area contributed by atoms with Gasteiger partial charge in [0.05, 0.1) is 0 Å². The van der Waals surface area contributed by atoms with E-state index in [9.17, 15) is 22.8 Å². The van der Waals surface area contributed by atoms with E-state index in [1.807, 2.05) is 0 Å². The van der Waals surface area contributed by atoms with Crippen LogP contribution in [0.4, 0.5) is 18.0 Å². The van der Waals surface area contributed by atoms with Gasteiger partial charge in [-0.1, -0.05) is 60.1 Å². The molecule has 1 amide bonds. The van der Waals surface area contributed by atoms with E-state index in [1.165, 1.54) is 0 Å². The van der Waals surface area contributed by atoms with Gasteiger partial charge in [-0.2, -0.15) is 13.2 Å². The summed E-state index contributed by atoms with van der Waals surface area (Å²) in [4.78, 5) is 24.1. The SMILES string of the molecule is O=C(N[C@@H](Cc1ccccc1Cl)C(=O)OCC(F)(F)F)OCc1ccccc1. The number of amides is 1. The monoisotopic (exact) mass is 415 g/mol.